The van der Waals surface area contributed by atoms with Gasteiger partial charge in [0.2, 0.25) is 0 Å². The standard InChI is InChI=1S/C17H24BrFO2/c1-20-16-10-13(15(19)11-17(16)21-2)14(18)9-12-7-5-3-4-6-8-12/h10-12,14H,3-9H2,1-2H3. The van der Waals surface area contributed by atoms with Gasteiger partial charge in [-0.05, 0) is 18.4 Å². The Hall–Kier alpha value is -0.770. The number of benzene rings is 1. The summed E-state index contributed by atoms with van der Waals surface area (Å²) in [6.45, 7) is 0. The number of hydrogen-bond acceptors (Lipinski definition) is 2. The minimum Gasteiger partial charge on any atom is -0.493 e. The third kappa shape index (κ3) is 4.35. The molecule has 1 fully saturated rings. The van der Waals surface area contributed by atoms with Crippen molar-refractivity contribution in [2.24, 2.45) is 5.92 Å². The van der Waals surface area contributed by atoms with Gasteiger partial charge < -0.3 is 9.47 Å². The summed E-state index contributed by atoms with van der Waals surface area (Å²) in [5.41, 5.74) is 0.664. The molecular formula is C17H24BrFO2. The monoisotopic (exact) mass is 358 g/mol. The highest BCUT2D eigenvalue weighted by Crippen LogP contribution is 2.40. The zero-order chi connectivity index (χ0) is 15.2. The fourth-order valence-corrected chi connectivity index (χ4v) is 4.01. The highest BCUT2D eigenvalue weighted by molar-refractivity contribution is 9.09. The molecule has 1 aliphatic rings. The minimum absolute atomic E-state index is 0.0282. The molecule has 1 aliphatic carbocycles. The molecule has 1 unspecified atom stereocenters. The molecule has 0 aliphatic heterocycles. The number of halogens is 2. The van der Waals surface area contributed by atoms with Crippen LogP contribution in [0, 0.1) is 11.7 Å². The van der Waals surface area contributed by atoms with Crippen molar-refractivity contribution < 1.29 is 13.9 Å². The first-order chi connectivity index (χ1) is 10.2. The summed E-state index contributed by atoms with van der Waals surface area (Å²) >= 11 is 3.67. The Morgan fingerprint density at radius 1 is 1.10 bits per heavy atom. The molecule has 0 heterocycles. The number of ether oxygens (including phenoxy) is 2. The first-order valence-corrected chi connectivity index (χ1v) is 8.62. The van der Waals surface area contributed by atoms with Gasteiger partial charge in [-0.25, -0.2) is 4.39 Å². The Labute approximate surface area is 135 Å². The quantitative estimate of drug-likeness (QED) is 0.500. The zero-order valence-corrected chi connectivity index (χ0v) is 14.4. The van der Waals surface area contributed by atoms with Crippen LogP contribution in [-0.4, -0.2) is 14.2 Å². The van der Waals surface area contributed by atoms with E-state index in [9.17, 15) is 4.39 Å². The van der Waals surface area contributed by atoms with E-state index in [-0.39, 0.29) is 10.6 Å². The molecule has 0 saturated heterocycles. The highest BCUT2D eigenvalue weighted by atomic mass is 79.9. The molecule has 1 saturated carbocycles. The van der Waals surface area contributed by atoms with Crippen LogP contribution < -0.4 is 9.47 Å². The van der Waals surface area contributed by atoms with Crippen molar-refractivity contribution in [1.29, 1.82) is 0 Å². The van der Waals surface area contributed by atoms with E-state index in [4.69, 9.17) is 9.47 Å². The van der Waals surface area contributed by atoms with E-state index in [1.54, 1.807) is 13.2 Å². The number of methoxy groups -OCH3 is 2. The molecule has 0 amide bonds. The van der Waals surface area contributed by atoms with Gasteiger partial charge in [0.1, 0.15) is 5.82 Å². The molecule has 0 radical (unpaired) electrons. The van der Waals surface area contributed by atoms with E-state index in [2.05, 4.69) is 15.9 Å². The molecule has 2 rings (SSSR count). The minimum atomic E-state index is -0.233. The van der Waals surface area contributed by atoms with E-state index in [0.29, 0.717) is 23.0 Å². The van der Waals surface area contributed by atoms with E-state index in [1.807, 2.05) is 0 Å². The van der Waals surface area contributed by atoms with Gasteiger partial charge in [-0.15, -0.1) is 0 Å². The van der Waals surface area contributed by atoms with Crippen LogP contribution in [0.25, 0.3) is 0 Å². The Balaban J connectivity index is 2.12. The summed E-state index contributed by atoms with van der Waals surface area (Å²) < 4.78 is 24.7. The number of alkyl halides is 1. The lowest BCUT2D eigenvalue weighted by Crippen LogP contribution is -2.05. The van der Waals surface area contributed by atoms with Crippen LogP contribution in [0.4, 0.5) is 4.39 Å². The molecule has 1 aromatic carbocycles. The molecule has 21 heavy (non-hydrogen) atoms. The molecule has 0 spiro atoms. The highest BCUT2D eigenvalue weighted by Gasteiger charge is 2.21. The Bertz CT molecular complexity index is 456. The lowest BCUT2D eigenvalue weighted by atomic mass is 9.92. The fourth-order valence-electron chi connectivity index (χ4n) is 3.13. The van der Waals surface area contributed by atoms with Gasteiger partial charge in [-0.2, -0.15) is 0 Å². The summed E-state index contributed by atoms with van der Waals surface area (Å²) in [7, 11) is 3.10. The fraction of sp³-hybridized carbons (Fsp3) is 0.647. The molecule has 1 aromatic rings. The van der Waals surface area contributed by atoms with Gasteiger partial charge >= 0.3 is 0 Å². The Morgan fingerprint density at radius 2 is 1.67 bits per heavy atom. The predicted molar refractivity (Wildman–Crippen MR) is 87.0 cm³/mol. The lowest BCUT2D eigenvalue weighted by molar-refractivity contribution is 0.350. The zero-order valence-electron chi connectivity index (χ0n) is 12.8. The first-order valence-electron chi connectivity index (χ1n) is 7.71. The maximum Gasteiger partial charge on any atom is 0.163 e. The van der Waals surface area contributed by atoms with Crippen molar-refractivity contribution in [3.05, 3.63) is 23.5 Å². The third-order valence-electron chi connectivity index (χ3n) is 4.36. The SMILES string of the molecule is COc1cc(F)c(C(Br)CC2CCCCCC2)cc1OC. The second-order valence-corrected chi connectivity index (χ2v) is 6.89. The van der Waals surface area contributed by atoms with E-state index in [0.717, 1.165) is 6.42 Å². The summed E-state index contributed by atoms with van der Waals surface area (Å²) in [5.74, 6) is 1.47. The molecule has 4 heteroatoms. The average Bonchev–Trinajstić information content (AvgIpc) is 2.75. The van der Waals surface area contributed by atoms with Gasteiger partial charge in [0.25, 0.3) is 0 Å². The van der Waals surface area contributed by atoms with Crippen molar-refractivity contribution in [2.75, 3.05) is 14.2 Å². The van der Waals surface area contributed by atoms with Crippen LogP contribution in [0.2, 0.25) is 0 Å². The average molecular weight is 359 g/mol. The second kappa shape index (κ2) is 8.02. The van der Waals surface area contributed by atoms with Gasteiger partial charge in [-0.3, -0.25) is 0 Å². The molecule has 0 N–H and O–H groups in total. The molecule has 0 bridgehead atoms. The lowest BCUT2D eigenvalue weighted by Gasteiger charge is -2.20. The van der Waals surface area contributed by atoms with E-state index < -0.39 is 0 Å². The van der Waals surface area contributed by atoms with Crippen molar-refractivity contribution >= 4 is 15.9 Å². The van der Waals surface area contributed by atoms with Gasteiger partial charge in [0.05, 0.1) is 14.2 Å². The summed E-state index contributed by atoms with van der Waals surface area (Å²) in [5, 5.41) is 0. The van der Waals surface area contributed by atoms with Crippen LogP contribution in [0.1, 0.15) is 55.3 Å². The molecule has 118 valence electrons. The normalized spacial score (nSPS) is 18.1. The second-order valence-electron chi connectivity index (χ2n) is 5.79. The maximum atomic E-state index is 14.3. The van der Waals surface area contributed by atoms with Crippen LogP contribution in [0.5, 0.6) is 11.5 Å². The predicted octanol–water partition coefficient (Wildman–Crippen LogP) is 5.64. The van der Waals surface area contributed by atoms with Crippen LogP contribution in [-0.2, 0) is 0 Å². The maximum absolute atomic E-state index is 14.3. The summed E-state index contributed by atoms with van der Waals surface area (Å²) in [6, 6.07) is 3.17. The van der Waals surface area contributed by atoms with Gasteiger partial charge in [-0.1, -0.05) is 54.5 Å². The van der Waals surface area contributed by atoms with E-state index >= 15 is 0 Å². The van der Waals surface area contributed by atoms with E-state index in [1.165, 1.54) is 51.7 Å². The Morgan fingerprint density at radius 3 is 2.24 bits per heavy atom. The van der Waals surface area contributed by atoms with Crippen molar-refractivity contribution in [1.82, 2.24) is 0 Å². The third-order valence-corrected chi connectivity index (χ3v) is 5.22. The van der Waals surface area contributed by atoms with Crippen molar-refractivity contribution in [3.8, 4) is 11.5 Å². The summed E-state index contributed by atoms with van der Waals surface area (Å²) in [4.78, 5) is 0.0282. The topological polar surface area (TPSA) is 18.5 Å². The van der Waals surface area contributed by atoms with Crippen molar-refractivity contribution in [2.45, 2.75) is 49.8 Å². The van der Waals surface area contributed by atoms with Gasteiger partial charge in [0, 0.05) is 16.5 Å². The molecular weight excluding hydrogens is 335 g/mol. The Kier molecular flexibility index (Phi) is 6.34. The van der Waals surface area contributed by atoms with Crippen LogP contribution in [0.15, 0.2) is 12.1 Å². The number of hydrogen-bond donors (Lipinski definition) is 0. The van der Waals surface area contributed by atoms with Gasteiger partial charge in [0.15, 0.2) is 11.5 Å². The van der Waals surface area contributed by atoms with Crippen LogP contribution >= 0.6 is 15.9 Å². The molecule has 0 aromatic heterocycles. The smallest absolute Gasteiger partial charge is 0.163 e. The largest absolute Gasteiger partial charge is 0.493 e. The first kappa shape index (κ1) is 16.6. The van der Waals surface area contributed by atoms with Crippen molar-refractivity contribution in [3.63, 3.8) is 0 Å². The number of rotatable bonds is 5. The summed E-state index contributed by atoms with van der Waals surface area (Å²) in [6.07, 6.45) is 8.79. The molecule has 2 nitrogen and oxygen atoms in total. The molecule has 1 atom stereocenters. The van der Waals surface area contributed by atoms with Crippen LogP contribution in [0.3, 0.4) is 0 Å².